The summed E-state index contributed by atoms with van der Waals surface area (Å²) in [5.74, 6) is 3.12. The number of piperazine rings is 1. The molecule has 1 heterocycles. The van der Waals surface area contributed by atoms with Crippen LogP contribution in [0, 0.1) is 23.2 Å². The van der Waals surface area contributed by atoms with Crippen LogP contribution in [0.4, 0.5) is 0 Å². The van der Waals surface area contributed by atoms with Crippen molar-refractivity contribution in [3.05, 3.63) is 0 Å². The molecule has 0 aromatic carbocycles. The quantitative estimate of drug-likeness (QED) is 0.718. The Morgan fingerprint density at radius 2 is 1.59 bits per heavy atom. The molecule has 0 aromatic heterocycles. The number of hydrogen-bond acceptors (Lipinski definition) is 2. The number of hydrogen-bond donors (Lipinski definition) is 2. The third-order valence-electron chi connectivity index (χ3n) is 5.79. The second kappa shape index (κ2) is 3.47. The fourth-order valence-electron chi connectivity index (χ4n) is 5.60. The Morgan fingerprint density at radius 1 is 1.00 bits per heavy atom. The number of carbonyl (C=O) groups is 1. The fraction of sp³-hybridized carbons (Fsp3) is 0.929. The van der Waals surface area contributed by atoms with Gasteiger partial charge < -0.3 is 10.6 Å². The number of amides is 1. The van der Waals surface area contributed by atoms with E-state index in [-0.39, 0.29) is 5.91 Å². The zero-order chi connectivity index (χ0) is 11.5. The lowest BCUT2D eigenvalue weighted by Gasteiger charge is -2.60. The Morgan fingerprint density at radius 3 is 2.12 bits per heavy atom. The minimum Gasteiger partial charge on any atom is -0.350 e. The average molecular weight is 234 g/mol. The van der Waals surface area contributed by atoms with E-state index in [1.54, 1.807) is 0 Å². The van der Waals surface area contributed by atoms with Gasteiger partial charge in [0.25, 0.3) is 0 Å². The van der Waals surface area contributed by atoms with Crippen LogP contribution in [0.25, 0.3) is 0 Å². The predicted octanol–water partition coefficient (Wildman–Crippen LogP) is 1.29. The summed E-state index contributed by atoms with van der Waals surface area (Å²) in [7, 11) is 0. The Labute approximate surface area is 103 Å². The summed E-state index contributed by atoms with van der Waals surface area (Å²) < 4.78 is 0. The smallest absolute Gasteiger partial charge is 0.234 e. The van der Waals surface area contributed by atoms with Gasteiger partial charge in [0, 0.05) is 12.6 Å². The van der Waals surface area contributed by atoms with E-state index in [9.17, 15) is 4.79 Å². The third kappa shape index (κ3) is 1.55. The molecule has 0 spiro atoms. The van der Waals surface area contributed by atoms with Crippen molar-refractivity contribution in [2.75, 3.05) is 13.1 Å². The van der Waals surface area contributed by atoms with Gasteiger partial charge in [0.2, 0.25) is 5.91 Å². The number of nitrogens with one attached hydrogen (secondary N) is 2. The van der Waals surface area contributed by atoms with Crippen molar-refractivity contribution in [3.63, 3.8) is 0 Å². The molecule has 4 saturated carbocycles. The minimum absolute atomic E-state index is 0.206. The summed E-state index contributed by atoms with van der Waals surface area (Å²) in [6, 6.07) is 0.414. The highest BCUT2D eigenvalue weighted by molar-refractivity contribution is 5.79. The van der Waals surface area contributed by atoms with Crippen molar-refractivity contribution in [3.8, 4) is 0 Å². The molecule has 5 fully saturated rings. The van der Waals surface area contributed by atoms with E-state index in [1.807, 2.05) is 0 Å². The van der Waals surface area contributed by atoms with Crippen LogP contribution >= 0.6 is 0 Å². The standard InChI is InChI=1S/C14H22N2O/c17-13-8-15-7-12(16-13)14-4-9-1-10(5-14)3-11(2-9)6-14/h9-12,15H,1-8H2,(H,16,17). The van der Waals surface area contributed by atoms with E-state index in [1.165, 1.54) is 38.5 Å². The van der Waals surface area contributed by atoms with Gasteiger partial charge in [-0.15, -0.1) is 0 Å². The van der Waals surface area contributed by atoms with Crippen LogP contribution in [-0.4, -0.2) is 25.0 Å². The van der Waals surface area contributed by atoms with E-state index < -0.39 is 0 Å². The first-order valence-corrected chi connectivity index (χ1v) is 7.24. The lowest BCUT2D eigenvalue weighted by Crippen LogP contribution is -2.63. The molecule has 94 valence electrons. The maximum atomic E-state index is 11.6. The summed E-state index contributed by atoms with van der Waals surface area (Å²) in [5, 5.41) is 6.57. The zero-order valence-corrected chi connectivity index (χ0v) is 10.4. The molecule has 1 unspecified atom stereocenters. The molecular weight excluding hydrogens is 212 g/mol. The minimum atomic E-state index is 0.206. The molecule has 1 aliphatic heterocycles. The Bertz CT molecular complexity index is 317. The molecule has 5 rings (SSSR count). The second-order valence-electron chi connectivity index (χ2n) is 7.03. The first-order valence-electron chi connectivity index (χ1n) is 7.24. The van der Waals surface area contributed by atoms with E-state index in [0.29, 0.717) is 18.0 Å². The molecule has 4 aliphatic carbocycles. The fourth-order valence-corrected chi connectivity index (χ4v) is 5.60. The van der Waals surface area contributed by atoms with Crippen molar-refractivity contribution in [1.29, 1.82) is 0 Å². The van der Waals surface area contributed by atoms with Crippen LogP contribution in [0.15, 0.2) is 0 Å². The van der Waals surface area contributed by atoms with Gasteiger partial charge in [-0.2, -0.15) is 0 Å². The number of rotatable bonds is 1. The van der Waals surface area contributed by atoms with Gasteiger partial charge in [-0.25, -0.2) is 0 Å². The Kier molecular flexibility index (Phi) is 2.11. The second-order valence-corrected chi connectivity index (χ2v) is 7.03. The molecule has 5 aliphatic rings. The van der Waals surface area contributed by atoms with Crippen molar-refractivity contribution >= 4 is 5.91 Å². The average Bonchev–Trinajstić information content (AvgIpc) is 2.27. The van der Waals surface area contributed by atoms with Crippen molar-refractivity contribution in [2.45, 2.75) is 44.6 Å². The van der Waals surface area contributed by atoms with Crippen LogP contribution in [-0.2, 0) is 4.79 Å². The summed E-state index contributed by atoms with van der Waals surface area (Å²) in [6.45, 7) is 1.51. The van der Waals surface area contributed by atoms with Crippen molar-refractivity contribution in [1.82, 2.24) is 10.6 Å². The first kappa shape index (κ1) is 10.4. The third-order valence-corrected chi connectivity index (χ3v) is 5.79. The van der Waals surface area contributed by atoms with Crippen LogP contribution in [0.1, 0.15) is 38.5 Å². The largest absolute Gasteiger partial charge is 0.350 e. The van der Waals surface area contributed by atoms with Gasteiger partial charge in [-0.1, -0.05) is 0 Å². The van der Waals surface area contributed by atoms with Crippen LogP contribution in [0.3, 0.4) is 0 Å². The monoisotopic (exact) mass is 234 g/mol. The zero-order valence-electron chi connectivity index (χ0n) is 10.4. The number of carbonyl (C=O) groups excluding carboxylic acids is 1. The van der Waals surface area contributed by atoms with Crippen molar-refractivity contribution < 1.29 is 4.79 Å². The van der Waals surface area contributed by atoms with E-state index in [0.717, 1.165) is 24.3 Å². The van der Waals surface area contributed by atoms with Gasteiger partial charge in [-0.05, 0) is 61.7 Å². The molecule has 1 saturated heterocycles. The van der Waals surface area contributed by atoms with Gasteiger partial charge >= 0.3 is 0 Å². The lowest BCUT2D eigenvalue weighted by atomic mass is 9.47. The van der Waals surface area contributed by atoms with Gasteiger partial charge in [0.05, 0.1) is 6.54 Å². The molecule has 4 bridgehead atoms. The molecule has 0 radical (unpaired) electrons. The van der Waals surface area contributed by atoms with E-state index in [2.05, 4.69) is 10.6 Å². The highest BCUT2D eigenvalue weighted by atomic mass is 16.2. The lowest BCUT2D eigenvalue weighted by molar-refractivity contribution is -0.128. The van der Waals surface area contributed by atoms with E-state index in [4.69, 9.17) is 0 Å². The molecule has 1 amide bonds. The summed E-state index contributed by atoms with van der Waals surface area (Å²) in [5.41, 5.74) is 0.456. The van der Waals surface area contributed by atoms with Crippen molar-refractivity contribution in [2.24, 2.45) is 23.2 Å². The van der Waals surface area contributed by atoms with Gasteiger partial charge in [0.15, 0.2) is 0 Å². The van der Waals surface area contributed by atoms with Crippen LogP contribution < -0.4 is 10.6 Å². The highest BCUT2D eigenvalue weighted by Crippen LogP contribution is 2.61. The molecule has 3 heteroatoms. The van der Waals surface area contributed by atoms with E-state index >= 15 is 0 Å². The molecule has 17 heavy (non-hydrogen) atoms. The van der Waals surface area contributed by atoms with Gasteiger partial charge in [-0.3, -0.25) is 4.79 Å². The van der Waals surface area contributed by atoms with Crippen LogP contribution in [0.5, 0.6) is 0 Å². The normalized spacial score (nSPS) is 52.6. The first-order chi connectivity index (χ1) is 8.23. The molecule has 3 nitrogen and oxygen atoms in total. The Balaban J connectivity index is 1.61. The highest BCUT2D eigenvalue weighted by Gasteiger charge is 2.54. The summed E-state index contributed by atoms with van der Waals surface area (Å²) >= 11 is 0. The summed E-state index contributed by atoms with van der Waals surface area (Å²) in [6.07, 6.45) is 8.58. The van der Waals surface area contributed by atoms with Gasteiger partial charge in [0.1, 0.15) is 0 Å². The topological polar surface area (TPSA) is 41.1 Å². The maximum absolute atomic E-state index is 11.6. The Hall–Kier alpha value is -0.570. The predicted molar refractivity (Wildman–Crippen MR) is 65.4 cm³/mol. The molecule has 1 atom stereocenters. The molecule has 2 N–H and O–H groups in total. The molecule has 0 aromatic rings. The van der Waals surface area contributed by atoms with Crippen LogP contribution in [0.2, 0.25) is 0 Å². The summed E-state index contributed by atoms with van der Waals surface area (Å²) in [4.78, 5) is 11.6. The maximum Gasteiger partial charge on any atom is 0.234 e. The molecular formula is C14H22N2O. The SMILES string of the molecule is O=C1CNCC(C23CC4CC(CC(C4)C2)C3)N1.